The summed E-state index contributed by atoms with van der Waals surface area (Å²) in [4.78, 5) is 12.4. The first-order valence-corrected chi connectivity index (χ1v) is 7.47. The third kappa shape index (κ3) is 4.29. The molecular weight excluding hydrogens is 316 g/mol. The van der Waals surface area contributed by atoms with Gasteiger partial charge in [0.25, 0.3) is 0 Å². The van der Waals surface area contributed by atoms with Gasteiger partial charge in [-0.25, -0.2) is 0 Å². The molecule has 0 aliphatic rings. The number of carbonyl (C=O) groups excluding carboxylic acids is 1. The van der Waals surface area contributed by atoms with Crippen molar-refractivity contribution in [3.63, 3.8) is 0 Å². The maximum Gasteiger partial charge on any atom is 0.246 e. The Bertz CT molecular complexity index is 691. The van der Waals surface area contributed by atoms with Crippen molar-refractivity contribution >= 4 is 28.9 Å². The second kappa shape index (κ2) is 7.74. The topological polar surface area (TPSA) is 59.6 Å². The predicted molar refractivity (Wildman–Crippen MR) is 92.7 cm³/mol. The van der Waals surface area contributed by atoms with Crippen LogP contribution in [0.1, 0.15) is 6.92 Å². The first kappa shape index (κ1) is 17.0. The molecule has 0 aliphatic heterocycles. The summed E-state index contributed by atoms with van der Waals surface area (Å²) >= 11 is 5.97. The van der Waals surface area contributed by atoms with E-state index in [4.69, 9.17) is 21.1 Å². The number of amides is 1. The molecule has 6 heteroatoms. The summed E-state index contributed by atoms with van der Waals surface area (Å²) < 4.78 is 10.5. The van der Waals surface area contributed by atoms with Gasteiger partial charge in [0.2, 0.25) is 5.91 Å². The van der Waals surface area contributed by atoms with Gasteiger partial charge in [-0.05, 0) is 37.3 Å². The van der Waals surface area contributed by atoms with Crippen LogP contribution in [-0.2, 0) is 4.79 Å². The Hall–Kier alpha value is -2.40. The fourth-order valence-electron chi connectivity index (χ4n) is 2.08. The normalized spacial score (nSPS) is 11.5. The summed E-state index contributed by atoms with van der Waals surface area (Å²) in [7, 11) is 3.12. The van der Waals surface area contributed by atoms with E-state index in [-0.39, 0.29) is 5.91 Å². The quantitative estimate of drug-likeness (QED) is 0.843. The second-order valence-corrected chi connectivity index (χ2v) is 5.34. The van der Waals surface area contributed by atoms with Gasteiger partial charge in [0.05, 0.1) is 25.6 Å². The number of hydrogen-bond acceptors (Lipinski definition) is 4. The standard InChI is InChI=1S/C17H19ClN2O3/c1-11(19-13-6-4-5-7-15(13)22-2)17(21)20-14-10-12(18)8-9-16(14)23-3/h4-11,19H,1-3H3,(H,20,21). The molecule has 5 nitrogen and oxygen atoms in total. The molecule has 0 radical (unpaired) electrons. The molecule has 2 aromatic rings. The van der Waals surface area contributed by atoms with Crippen molar-refractivity contribution in [2.24, 2.45) is 0 Å². The molecule has 0 fully saturated rings. The average molecular weight is 335 g/mol. The van der Waals surface area contributed by atoms with Crippen LogP contribution in [0.5, 0.6) is 11.5 Å². The minimum atomic E-state index is -0.477. The average Bonchev–Trinajstić information content (AvgIpc) is 2.55. The van der Waals surface area contributed by atoms with E-state index in [0.717, 1.165) is 5.69 Å². The molecule has 23 heavy (non-hydrogen) atoms. The third-order valence-corrected chi connectivity index (χ3v) is 3.53. The number of rotatable bonds is 6. The van der Waals surface area contributed by atoms with Crippen LogP contribution in [0, 0.1) is 0 Å². The van der Waals surface area contributed by atoms with Crippen LogP contribution in [0.4, 0.5) is 11.4 Å². The van der Waals surface area contributed by atoms with Gasteiger partial charge in [-0.3, -0.25) is 4.79 Å². The highest BCUT2D eigenvalue weighted by molar-refractivity contribution is 6.31. The number of para-hydroxylation sites is 2. The van der Waals surface area contributed by atoms with Crippen LogP contribution >= 0.6 is 11.6 Å². The number of methoxy groups -OCH3 is 2. The van der Waals surface area contributed by atoms with Crippen LogP contribution < -0.4 is 20.1 Å². The summed E-state index contributed by atoms with van der Waals surface area (Å²) in [5.74, 6) is 1.01. The van der Waals surface area contributed by atoms with Crippen molar-refractivity contribution in [1.29, 1.82) is 0 Å². The number of nitrogens with one attached hydrogen (secondary N) is 2. The molecule has 0 bridgehead atoms. The lowest BCUT2D eigenvalue weighted by molar-refractivity contribution is -0.116. The largest absolute Gasteiger partial charge is 0.495 e. The van der Waals surface area contributed by atoms with Crippen molar-refractivity contribution in [2.45, 2.75) is 13.0 Å². The molecule has 0 heterocycles. The van der Waals surface area contributed by atoms with E-state index >= 15 is 0 Å². The maximum atomic E-state index is 12.4. The number of halogens is 1. The summed E-state index contributed by atoms with van der Waals surface area (Å²) in [6.45, 7) is 1.76. The van der Waals surface area contributed by atoms with E-state index in [1.54, 1.807) is 32.2 Å². The Morgan fingerprint density at radius 1 is 1.04 bits per heavy atom. The van der Waals surface area contributed by atoms with Crippen molar-refractivity contribution in [2.75, 3.05) is 24.9 Å². The minimum absolute atomic E-state index is 0.212. The molecule has 2 aromatic carbocycles. The van der Waals surface area contributed by atoms with Gasteiger partial charge < -0.3 is 20.1 Å². The Balaban J connectivity index is 2.10. The summed E-state index contributed by atoms with van der Waals surface area (Å²) in [5, 5.41) is 6.45. The smallest absolute Gasteiger partial charge is 0.246 e. The van der Waals surface area contributed by atoms with E-state index in [0.29, 0.717) is 22.2 Å². The highest BCUT2D eigenvalue weighted by Crippen LogP contribution is 2.28. The molecule has 2 N–H and O–H groups in total. The highest BCUT2D eigenvalue weighted by atomic mass is 35.5. The Kier molecular flexibility index (Phi) is 5.71. The van der Waals surface area contributed by atoms with E-state index in [9.17, 15) is 4.79 Å². The number of benzene rings is 2. The number of ether oxygens (including phenoxy) is 2. The highest BCUT2D eigenvalue weighted by Gasteiger charge is 2.16. The third-order valence-electron chi connectivity index (χ3n) is 3.29. The molecule has 2 rings (SSSR count). The van der Waals surface area contributed by atoms with Gasteiger partial charge in [0.1, 0.15) is 17.5 Å². The molecular formula is C17H19ClN2O3. The van der Waals surface area contributed by atoms with E-state index in [1.165, 1.54) is 7.11 Å². The van der Waals surface area contributed by atoms with Crippen LogP contribution in [0.2, 0.25) is 5.02 Å². The lowest BCUT2D eigenvalue weighted by Gasteiger charge is -2.18. The van der Waals surface area contributed by atoms with E-state index < -0.39 is 6.04 Å². The van der Waals surface area contributed by atoms with Gasteiger partial charge >= 0.3 is 0 Å². The number of anilines is 2. The molecule has 0 saturated carbocycles. The maximum absolute atomic E-state index is 12.4. The Morgan fingerprint density at radius 2 is 1.70 bits per heavy atom. The van der Waals surface area contributed by atoms with Gasteiger partial charge in [-0.15, -0.1) is 0 Å². The van der Waals surface area contributed by atoms with Crippen molar-refractivity contribution in [1.82, 2.24) is 0 Å². The van der Waals surface area contributed by atoms with Gasteiger partial charge in [0.15, 0.2) is 0 Å². The SMILES string of the molecule is COc1ccc(Cl)cc1NC(=O)C(C)Nc1ccccc1OC. The van der Waals surface area contributed by atoms with Crippen molar-refractivity contribution in [3.8, 4) is 11.5 Å². The first-order valence-electron chi connectivity index (χ1n) is 7.09. The fraction of sp³-hybridized carbons (Fsp3) is 0.235. The van der Waals surface area contributed by atoms with Gasteiger partial charge in [-0.2, -0.15) is 0 Å². The minimum Gasteiger partial charge on any atom is -0.495 e. The monoisotopic (exact) mass is 334 g/mol. The van der Waals surface area contributed by atoms with Crippen LogP contribution in [0.25, 0.3) is 0 Å². The van der Waals surface area contributed by atoms with Crippen LogP contribution in [0.3, 0.4) is 0 Å². The molecule has 1 amide bonds. The molecule has 0 aromatic heterocycles. The molecule has 0 spiro atoms. The first-order chi connectivity index (χ1) is 11.0. The molecule has 0 saturated heterocycles. The van der Waals surface area contributed by atoms with Crippen molar-refractivity contribution < 1.29 is 14.3 Å². The Morgan fingerprint density at radius 3 is 2.39 bits per heavy atom. The molecule has 122 valence electrons. The van der Waals surface area contributed by atoms with Gasteiger partial charge in [0, 0.05) is 5.02 Å². The zero-order chi connectivity index (χ0) is 16.8. The lowest BCUT2D eigenvalue weighted by atomic mass is 10.2. The molecule has 1 unspecified atom stereocenters. The number of carbonyl (C=O) groups is 1. The van der Waals surface area contributed by atoms with Gasteiger partial charge in [-0.1, -0.05) is 23.7 Å². The van der Waals surface area contributed by atoms with E-state index in [2.05, 4.69) is 10.6 Å². The van der Waals surface area contributed by atoms with Crippen LogP contribution in [0.15, 0.2) is 42.5 Å². The molecule has 1 atom stereocenters. The predicted octanol–water partition coefficient (Wildman–Crippen LogP) is 3.80. The van der Waals surface area contributed by atoms with E-state index in [1.807, 2.05) is 24.3 Å². The Labute approximate surface area is 140 Å². The summed E-state index contributed by atoms with van der Waals surface area (Å²) in [5.41, 5.74) is 1.27. The number of hydrogen-bond donors (Lipinski definition) is 2. The van der Waals surface area contributed by atoms with Crippen LogP contribution in [-0.4, -0.2) is 26.2 Å². The zero-order valence-electron chi connectivity index (χ0n) is 13.2. The van der Waals surface area contributed by atoms with Crippen molar-refractivity contribution in [3.05, 3.63) is 47.5 Å². The lowest BCUT2D eigenvalue weighted by Crippen LogP contribution is -2.32. The summed E-state index contributed by atoms with van der Waals surface area (Å²) in [6, 6.07) is 12.0. The second-order valence-electron chi connectivity index (χ2n) is 4.90. The molecule has 0 aliphatic carbocycles. The summed E-state index contributed by atoms with van der Waals surface area (Å²) in [6.07, 6.45) is 0. The fourth-order valence-corrected chi connectivity index (χ4v) is 2.25. The zero-order valence-corrected chi connectivity index (χ0v) is 14.0.